The Bertz CT molecular complexity index is 1420. The summed E-state index contributed by atoms with van der Waals surface area (Å²) < 4.78 is 35.1. The van der Waals surface area contributed by atoms with Gasteiger partial charge in [-0.15, -0.1) is 0 Å². The highest BCUT2D eigenvalue weighted by atomic mass is 32.2. The summed E-state index contributed by atoms with van der Waals surface area (Å²) in [7, 11) is -0.440. The number of benzene rings is 3. The Morgan fingerprint density at radius 1 is 1.00 bits per heavy atom. The third-order valence-corrected chi connectivity index (χ3v) is 7.01. The summed E-state index contributed by atoms with van der Waals surface area (Å²) in [5, 5.41) is 1.16. The number of nitrogens with one attached hydrogen (secondary N) is 1. The number of hydrogen-bond donors (Lipinski definition) is 1. The molecule has 1 N–H and O–H groups in total. The Morgan fingerprint density at radius 3 is 2.47 bits per heavy atom. The number of nitrogens with zero attached hydrogens (tertiary/aromatic N) is 1. The summed E-state index contributed by atoms with van der Waals surface area (Å²) in [4.78, 5) is 12.8. The molecule has 32 heavy (non-hydrogen) atoms. The Kier molecular flexibility index (Phi) is 5.76. The minimum Gasteiger partial charge on any atom is -0.496 e. The molecule has 0 bridgehead atoms. The van der Waals surface area contributed by atoms with Crippen LogP contribution in [0.3, 0.4) is 0 Å². The molecule has 0 saturated heterocycles. The molecule has 1 heterocycles. The van der Waals surface area contributed by atoms with Gasteiger partial charge in [0, 0.05) is 36.1 Å². The van der Waals surface area contributed by atoms with Gasteiger partial charge < -0.3 is 9.30 Å². The van der Waals surface area contributed by atoms with E-state index in [0.29, 0.717) is 17.7 Å². The third-order valence-electron chi connectivity index (χ3n) is 5.52. The third kappa shape index (κ3) is 4.11. The lowest BCUT2D eigenvalue weighted by Crippen LogP contribution is -2.31. The number of sulfonamides is 1. The second-order valence-corrected chi connectivity index (χ2v) is 9.34. The van der Waals surface area contributed by atoms with Gasteiger partial charge in [0.05, 0.1) is 12.0 Å². The van der Waals surface area contributed by atoms with Crippen LogP contribution in [0.5, 0.6) is 5.75 Å². The molecule has 0 saturated carbocycles. The number of ether oxygens (including phenoxy) is 1. The van der Waals surface area contributed by atoms with Crippen molar-refractivity contribution in [1.82, 2.24) is 9.29 Å². The Hall–Kier alpha value is -3.58. The van der Waals surface area contributed by atoms with Gasteiger partial charge in [-0.2, -0.15) is 0 Å². The van der Waals surface area contributed by atoms with E-state index in [2.05, 4.69) is 27.6 Å². The van der Waals surface area contributed by atoms with Crippen molar-refractivity contribution >= 4 is 26.8 Å². The maximum Gasteiger partial charge on any atom is 0.265 e. The largest absolute Gasteiger partial charge is 0.496 e. The van der Waals surface area contributed by atoms with Crippen LogP contribution in [-0.4, -0.2) is 26.0 Å². The van der Waals surface area contributed by atoms with Crippen LogP contribution in [-0.2, 0) is 23.5 Å². The topological polar surface area (TPSA) is 77.4 Å². The predicted molar refractivity (Wildman–Crippen MR) is 125 cm³/mol. The molecule has 3 aromatic carbocycles. The van der Waals surface area contributed by atoms with Crippen molar-refractivity contribution in [3.63, 3.8) is 0 Å². The molecule has 6 nitrogen and oxygen atoms in total. The van der Waals surface area contributed by atoms with E-state index in [9.17, 15) is 13.2 Å². The minimum atomic E-state index is -3.98. The molecule has 164 valence electrons. The van der Waals surface area contributed by atoms with Crippen molar-refractivity contribution in [2.45, 2.75) is 18.2 Å². The summed E-state index contributed by atoms with van der Waals surface area (Å²) in [5.74, 6) is -0.179. The molecule has 0 aliphatic heterocycles. The maximum absolute atomic E-state index is 12.7. The van der Waals surface area contributed by atoms with E-state index < -0.39 is 15.9 Å². The van der Waals surface area contributed by atoms with Gasteiger partial charge in [-0.1, -0.05) is 42.5 Å². The molecule has 0 atom stereocenters. The fraction of sp³-hybridized carbons (Fsp3) is 0.160. The van der Waals surface area contributed by atoms with E-state index in [0.717, 1.165) is 22.0 Å². The maximum atomic E-state index is 12.7. The lowest BCUT2D eigenvalue weighted by atomic mass is 10.0. The molecule has 0 aliphatic rings. The number of hydrogen-bond acceptors (Lipinski definition) is 4. The molecular weight excluding hydrogens is 424 g/mol. The molecule has 0 aliphatic carbocycles. The van der Waals surface area contributed by atoms with E-state index in [4.69, 9.17) is 4.74 Å². The van der Waals surface area contributed by atoms with Crippen LogP contribution < -0.4 is 9.46 Å². The number of methoxy groups -OCH3 is 1. The smallest absolute Gasteiger partial charge is 0.265 e. The average molecular weight is 449 g/mol. The van der Waals surface area contributed by atoms with Crippen molar-refractivity contribution in [3.8, 4) is 5.75 Å². The molecule has 0 radical (unpaired) electrons. The molecule has 4 aromatic rings. The number of aromatic nitrogens is 1. The van der Waals surface area contributed by atoms with Gasteiger partial charge in [0.25, 0.3) is 15.9 Å². The van der Waals surface area contributed by atoms with Gasteiger partial charge in [0.1, 0.15) is 5.75 Å². The van der Waals surface area contributed by atoms with Crippen LogP contribution in [0.15, 0.2) is 77.8 Å². The van der Waals surface area contributed by atoms with E-state index >= 15 is 0 Å². The van der Waals surface area contributed by atoms with E-state index in [1.165, 1.54) is 13.2 Å². The van der Waals surface area contributed by atoms with E-state index in [1.54, 1.807) is 43.3 Å². The molecule has 4 rings (SSSR count). The first-order valence-electron chi connectivity index (χ1n) is 10.1. The van der Waals surface area contributed by atoms with E-state index in [-0.39, 0.29) is 10.5 Å². The molecular formula is C25H24N2O4S. The summed E-state index contributed by atoms with van der Waals surface area (Å²) in [6.45, 7) is 1.68. The number of fused-ring (bicyclic) bond motifs is 1. The number of amides is 1. The fourth-order valence-electron chi connectivity index (χ4n) is 3.90. The second-order valence-electron chi connectivity index (χ2n) is 7.69. The number of aryl methyl sites for hydroxylation is 2. The van der Waals surface area contributed by atoms with Crippen LogP contribution in [0, 0.1) is 6.92 Å². The van der Waals surface area contributed by atoms with Crippen LogP contribution in [0.2, 0.25) is 0 Å². The van der Waals surface area contributed by atoms with Crippen LogP contribution in [0.25, 0.3) is 10.9 Å². The molecule has 0 fully saturated rings. The lowest BCUT2D eigenvalue weighted by molar-refractivity contribution is 0.0981. The van der Waals surface area contributed by atoms with Crippen molar-refractivity contribution in [2.24, 2.45) is 7.05 Å². The van der Waals surface area contributed by atoms with Crippen molar-refractivity contribution in [1.29, 1.82) is 0 Å². The highest BCUT2D eigenvalue weighted by Crippen LogP contribution is 2.28. The monoisotopic (exact) mass is 448 g/mol. The summed E-state index contributed by atoms with van der Waals surface area (Å²) in [5.41, 5.74) is 3.96. The second kappa shape index (κ2) is 8.51. The molecule has 7 heteroatoms. The quantitative estimate of drug-likeness (QED) is 0.479. The van der Waals surface area contributed by atoms with E-state index in [1.807, 2.05) is 19.2 Å². The fourth-order valence-corrected chi connectivity index (χ4v) is 5.12. The minimum absolute atomic E-state index is 0.0768. The first kappa shape index (κ1) is 21.6. The molecule has 1 amide bonds. The number of carbonyl (C=O) groups excluding carboxylic acids is 1. The standard InChI is InChI=1S/C25H24N2O4S/c1-17-8-4-7-11-24(17)32(29,30)26-25(28)19-13-12-18(23(15-19)31-3)14-20-16-27(2)22-10-6-5-9-21(20)22/h4-13,15-16H,14H2,1-3H3,(H,26,28). The number of rotatable bonds is 6. The zero-order chi connectivity index (χ0) is 22.9. The van der Waals surface area contributed by atoms with Crippen LogP contribution in [0.1, 0.15) is 27.0 Å². The molecule has 1 aromatic heterocycles. The normalized spacial score (nSPS) is 11.5. The van der Waals surface area contributed by atoms with Gasteiger partial charge in [0.2, 0.25) is 0 Å². The van der Waals surface area contributed by atoms with Crippen molar-refractivity contribution in [2.75, 3.05) is 7.11 Å². The first-order chi connectivity index (χ1) is 15.3. The SMILES string of the molecule is COc1cc(C(=O)NS(=O)(=O)c2ccccc2C)ccc1Cc1cn(C)c2ccccc12. The highest BCUT2D eigenvalue weighted by Gasteiger charge is 2.21. The summed E-state index contributed by atoms with van der Waals surface area (Å²) >= 11 is 0. The van der Waals surface area contributed by atoms with Gasteiger partial charge >= 0.3 is 0 Å². The van der Waals surface area contributed by atoms with Crippen LogP contribution >= 0.6 is 0 Å². The summed E-state index contributed by atoms with van der Waals surface area (Å²) in [6, 6.07) is 19.7. The zero-order valence-corrected chi connectivity index (χ0v) is 18.9. The Morgan fingerprint density at radius 2 is 1.72 bits per heavy atom. The van der Waals surface area contributed by atoms with Gasteiger partial charge in [-0.25, -0.2) is 13.1 Å². The number of para-hydroxylation sites is 1. The zero-order valence-electron chi connectivity index (χ0n) is 18.1. The Labute approximate surface area is 187 Å². The summed E-state index contributed by atoms with van der Waals surface area (Å²) in [6.07, 6.45) is 2.70. The van der Waals surface area contributed by atoms with Crippen LogP contribution in [0.4, 0.5) is 0 Å². The molecule has 0 unspecified atom stereocenters. The van der Waals surface area contributed by atoms with Crippen molar-refractivity contribution < 1.29 is 17.9 Å². The Balaban J connectivity index is 1.61. The highest BCUT2D eigenvalue weighted by molar-refractivity contribution is 7.90. The molecule has 0 spiro atoms. The first-order valence-corrected chi connectivity index (χ1v) is 11.6. The predicted octanol–water partition coefficient (Wildman–Crippen LogP) is 4.20. The van der Waals surface area contributed by atoms with Crippen molar-refractivity contribution in [3.05, 3.63) is 95.2 Å². The average Bonchev–Trinajstić information content (AvgIpc) is 3.09. The van der Waals surface area contributed by atoms with Gasteiger partial charge in [-0.05, 0) is 47.9 Å². The number of carbonyl (C=O) groups is 1. The van der Waals surface area contributed by atoms with Gasteiger partial charge in [0.15, 0.2) is 0 Å². The van der Waals surface area contributed by atoms with Gasteiger partial charge in [-0.3, -0.25) is 4.79 Å². The lowest BCUT2D eigenvalue weighted by Gasteiger charge is -2.12.